The first kappa shape index (κ1) is 12.3. The Labute approximate surface area is 95.4 Å². The van der Waals surface area contributed by atoms with Crippen molar-refractivity contribution >= 4 is 0 Å². The molecule has 0 aromatic heterocycles. The molecule has 1 aliphatic rings. The third-order valence-electron chi connectivity index (χ3n) is 3.35. The number of benzene rings is 1. The maximum absolute atomic E-state index is 13.5. The fourth-order valence-corrected chi connectivity index (χ4v) is 2.45. The number of hydrogen-bond donors (Lipinski definition) is 0. The normalized spacial score (nSPS) is 24.4. The maximum atomic E-state index is 13.5. The highest BCUT2D eigenvalue weighted by Crippen LogP contribution is 2.41. The molecule has 5 heteroatoms. The van der Waals surface area contributed by atoms with Gasteiger partial charge in [0.05, 0.1) is 0 Å². The minimum Gasteiger partial charge on any atom is -0.203 e. The Hall–Kier alpha value is -1.13. The molecule has 0 radical (unpaired) electrons. The van der Waals surface area contributed by atoms with Gasteiger partial charge in [-0.05, 0) is 24.7 Å². The van der Waals surface area contributed by atoms with Gasteiger partial charge in [-0.3, -0.25) is 0 Å². The summed E-state index contributed by atoms with van der Waals surface area (Å²) in [7, 11) is 0. The van der Waals surface area contributed by atoms with E-state index < -0.39 is 40.6 Å². The van der Waals surface area contributed by atoms with Crippen LogP contribution in [0.15, 0.2) is 0 Å². The molecule has 0 nitrogen and oxygen atoms in total. The van der Waals surface area contributed by atoms with E-state index in [2.05, 4.69) is 0 Å². The second-order valence-corrected chi connectivity index (χ2v) is 4.60. The summed E-state index contributed by atoms with van der Waals surface area (Å²) in [6, 6.07) is 0. The fraction of sp³-hybridized carbons (Fsp3) is 0.500. The Morgan fingerprint density at radius 3 is 1.65 bits per heavy atom. The molecule has 1 aliphatic carbocycles. The van der Waals surface area contributed by atoms with E-state index in [4.69, 9.17) is 0 Å². The summed E-state index contributed by atoms with van der Waals surface area (Å²) in [6.45, 7) is 1.89. The van der Waals surface area contributed by atoms with Crippen molar-refractivity contribution in [3.05, 3.63) is 34.6 Å². The molecular weight excluding hydrogens is 239 g/mol. The lowest BCUT2D eigenvalue weighted by molar-refractivity contribution is 0.363. The highest BCUT2D eigenvalue weighted by Gasteiger charge is 2.33. The van der Waals surface area contributed by atoms with E-state index in [1.54, 1.807) is 0 Å². The minimum absolute atomic E-state index is 0.245. The summed E-state index contributed by atoms with van der Waals surface area (Å²) in [5.41, 5.74) is -0.647. The van der Waals surface area contributed by atoms with Crippen LogP contribution in [-0.4, -0.2) is 0 Å². The van der Waals surface area contributed by atoms with Crippen LogP contribution in [-0.2, 0) is 0 Å². The van der Waals surface area contributed by atoms with Crippen LogP contribution in [0.1, 0.15) is 37.7 Å². The van der Waals surface area contributed by atoms with Gasteiger partial charge in [0.1, 0.15) is 0 Å². The van der Waals surface area contributed by atoms with Crippen LogP contribution in [0.5, 0.6) is 0 Å². The third kappa shape index (κ3) is 1.91. The van der Waals surface area contributed by atoms with E-state index in [1.807, 2.05) is 6.92 Å². The van der Waals surface area contributed by atoms with Crippen molar-refractivity contribution in [2.24, 2.45) is 5.92 Å². The molecule has 0 aliphatic heterocycles. The molecule has 17 heavy (non-hydrogen) atoms. The second-order valence-electron chi connectivity index (χ2n) is 4.60. The van der Waals surface area contributed by atoms with E-state index >= 15 is 0 Å². The van der Waals surface area contributed by atoms with Crippen molar-refractivity contribution in [1.29, 1.82) is 0 Å². The summed E-state index contributed by atoms with van der Waals surface area (Å²) in [4.78, 5) is 0. The van der Waals surface area contributed by atoms with Crippen molar-refractivity contribution in [2.45, 2.75) is 32.1 Å². The van der Waals surface area contributed by atoms with E-state index in [1.165, 1.54) is 0 Å². The van der Waals surface area contributed by atoms with E-state index in [0.717, 1.165) is 6.42 Å². The molecule has 0 amide bonds. The Morgan fingerprint density at radius 2 is 1.24 bits per heavy atom. The molecule has 1 fully saturated rings. The standard InChI is InChI=1S/C12H11F5/c1-5-2-3-6(4-5)7-8(13)10(15)12(17)11(16)9(7)14/h5-6H,2-4H2,1H3/t5-,6?/m0/s1. The van der Waals surface area contributed by atoms with Gasteiger partial charge in [0, 0.05) is 5.56 Å². The lowest BCUT2D eigenvalue weighted by atomic mass is 9.95. The van der Waals surface area contributed by atoms with Gasteiger partial charge < -0.3 is 0 Å². The van der Waals surface area contributed by atoms with Crippen molar-refractivity contribution in [3.8, 4) is 0 Å². The lowest BCUT2D eigenvalue weighted by Crippen LogP contribution is -2.10. The molecule has 1 aromatic carbocycles. The summed E-state index contributed by atoms with van der Waals surface area (Å²) < 4.78 is 65.7. The largest absolute Gasteiger partial charge is 0.203 e. The van der Waals surface area contributed by atoms with Gasteiger partial charge in [-0.1, -0.05) is 13.3 Å². The summed E-state index contributed by atoms with van der Waals surface area (Å²) in [5.74, 6) is -9.47. The number of hydrogen-bond acceptors (Lipinski definition) is 0. The van der Waals surface area contributed by atoms with Crippen LogP contribution in [0, 0.1) is 35.0 Å². The van der Waals surface area contributed by atoms with Crippen molar-refractivity contribution in [2.75, 3.05) is 0 Å². The van der Waals surface area contributed by atoms with Crippen LogP contribution in [0.3, 0.4) is 0 Å². The predicted molar refractivity (Wildman–Crippen MR) is 52.0 cm³/mol. The van der Waals surface area contributed by atoms with Crippen molar-refractivity contribution in [3.63, 3.8) is 0 Å². The monoisotopic (exact) mass is 250 g/mol. The van der Waals surface area contributed by atoms with Crippen molar-refractivity contribution in [1.82, 2.24) is 0 Å². The molecule has 2 rings (SSSR count). The molecule has 0 N–H and O–H groups in total. The Balaban J connectivity index is 2.54. The molecule has 2 atom stereocenters. The van der Waals surface area contributed by atoms with Crippen LogP contribution in [0.25, 0.3) is 0 Å². The van der Waals surface area contributed by atoms with Crippen LogP contribution < -0.4 is 0 Å². The third-order valence-corrected chi connectivity index (χ3v) is 3.35. The van der Waals surface area contributed by atoms with E-state index in [9.17, 15) is 22.0 Å². The molecule has 0 bridgehead atoms. The van der Waals surface area contributed by atoms with Gasteiger partial charge >= 0.3 is 0 Å². The zero-order valence-electron chi connectivity index (χ0n) is 9.17. The molecule has 0 heterocycles. The summed E-state index contributed by atoms with van der Waals surface area (Å²) in [5, 5.41) is 0. The number of halogens is 5. The van der Waals surface area contributed by atoms with Crippen LogP contribution in [0.2, 0.25) is 0 Å². The molecule has 0 spiro atoms. The Kier molecular flexibility index (Phi) is 3.10. The highest BCUT2D eigenvalue weighted by molar-refractivity contribution is 5.28. The Morgan fingerprint density at radius 1 is 0.765 bits per heavy atom. The van der Waals surface area contributed by atoms with Crippen molar-refractivity contribution < 1.29 is 22.0 Å². The quantitative estimate of drug-likeness (QED) is 0.396. The SMILES string of the molecule is C[C@H]1CCC(c2c(F)c(F)c(F)c(F)c2F)C1. The molecule has 0 saturated heterocycles. The predicted octanol–water partition coefficient (Wildman–Crippen LogP) is 4.29. The molecule has 1 aromatic rings. The first-order valence-electron chi connectivity index (χ1n) is 5.44. The molecule has 94 valence electrons. The van der Waals surface area contributed by atoms with E-state index in [-0.39, 0.29) is 5.92 Å². The second kappa shape index (κ2) is 4.27. The lowest BCUT2D eigenvalue weighted by Gasteiger charge is -2.14. The van der Waals surface area contributed by atoms with Gasteiger partial charge in [0.2, 0.25) is 5.82 Å². The molecular formula is C12H11F5. The highest BCUT2D eigenvalue weighted by atomic mass is 19.2. The Bertz CT molecular complexity index is 426. The molecule has 1 saturated carbocycles. The van der Waals surface area contributed by atoms with E-state index in [0.29, 0.717) is 12.8 Å². The minimum atomic E-state index is -2.09. The average Bonchev–Trinajstić information content (AvgIpc) is 2.71. The van der Waals surface area contributed by atoms with Crippen LogP contribution in [0.4, 0.5) is 22.0 Å². The number of rotatable bonds is 1. The van der Waals surface area contributed by atoms with Gasteiger partial charge in [-0.2, -0.15) is 0 Å². The van der Waals surface area contributed by atoms with Gasteiger partial charge in [0.25, 0.3) is 0 Å². The van der Waals surface area contributed by atoms with Gasteiger partial charge in [-0.15, -0.1) is 0 Å². The van der Waals surface area contributed by atoms with Crippen LogP contribution >= 0.6 is 0 Å². The average molecular weight is 250 g/mol. The zero-order chi connectivity index (χ0) is 12.7. The maximum Gasteiger partial charge on any atom is 0.200 e. The first-order chi connectivity index (χ1) is 7.93. The topological polar surface area (TPSA) is 0 Å². The molecule has 1 unspecified atom stereocenters. The van der Waals surface area contributed by atoms with Gasteiger partial charge in [-0.25, -0.2) is 22.0 Å². The fourth-order valence-electron chi connectivity index (χ4n) is 2.45. The smallest absolute Gasteiger partial charge is 0.200 e. The summed E-state index contributed by atoms with van der Waals surface area (Å²) >= 11 is 0. The first-order valence-corrected chi connectivity index (χ1v) is 5.44. The summed E-state index contributed by atoms with van der Waals surface area (Å²) in [6.07, 6.45) is 1.65. The van der Waals surface area contributed by atoms with Gasteiger partial charge in [0.15, 0.2) is 23.3 Å². The zero-order valence-corrected chi connectivity index (χ0v) is 9.17.